The number of fused-ring (bicyclic) bond motifs is 7. The molecule has 6 rings (SSSR count). The van der Waals surface area contributed by atoms with Crippen molar-refractivity contribution in [1.29, 1.82) is 0 Å². The van der Waals surface area contributed by atoms with Crippen LogP contribution in [-0.4, -0.2) is 26.3 Å². The molecule has 4 saturated carbocycles. The van der Waals surface area contributed by atoms with Crippen molar-refractivity contribution >= 4 is 5.78 Å². The summed E-state index contributed by atoms with van der Waals surface area (Å²) in [4.78, 5) is 13.3. The molecule has 0 bridgehead atoms. The molecule has 0 saturated heterocycles. The number of hydrogen-bond acceptors (Lipinski definition) is 3. The molecule has 5 aliphatic carbocycles. The van der Waals surface area contributed by atoms with E-state index < -0.39 is 0 Å². The highest BCUT2D eigenvalue weighted by molar-refractivity contribution is 5.82. The fourth-order valence-corrected chi connectivity index (χ4v) is 8.36. The molecule has 1 unspecified atom stereocenters. The van der Waals surface area contributed by atoms with E-state index in [0.717, 1.165) is 36.7 Å². The second-order valence-electron chi connectivity index (χ2n) is 11.2. The number of carbonyl (C=O) groups is 1. The van der Waals surface area contributed by atoms with Crippen molar-refractivity contribution in [2.75, 3.05) is 0 Å². The maximum atomic E-state index is 13.3. The SMILES string of the molecule is Cc1cnn(CC(=O)[C@H]2CC[C@H]3[C@@H]4CC=C5C6C[C@@]6(O)CC[C@@H]5[C@H]4CC[C@]23C)c1. The lowest BCUT2D eigenvalue weighted by molar-refractivity contribution is -0.129. The maximum Gasteiger partial charge on any atom is 0.157 e. The third kappa shape index (κ3) is 2.60. The molecular formula is C25H34N2O2. The van der Waals surface area contributed by atoms with Crippen LogP contribution < -0.4 is 0 Å². The third-order valence-electron chi connectivity index (χ3n) is 9.87. The van der Waals surface area contributed by atoms with Gasteiger partial charge >= 0.3 is 0 Å². The van der Waals surface area contributed by atoms with E-state index in [-0.39, 0.29) is 16.9 Å². The van der Waals surface area contributed by atoms with Gasteiger partial charge in [-0.05, 0) is 92.9 Å². The molecule has 5 aliphatic rings. The zero-order valence-corrected chi connectivity index (χ0v) is 17.8. The highest BCUT2D eigenvalue weighted by atomic mass is 16.3. The highest BCUT2D eigenvalue weighted by Gasteiger charge is 2.63. The number of ketones is 1. The summed E-state index contributed by atoms with van der Waals surface area (Å²) in [7, 11) is 0. The van der Waals surface area contributed by atoms with Crippen LogP contribution in [0.25, 0.3) is 0 Å². The van der Waals surface area contributed by atoms with Gasteiger partial charge in [-0.3, -0.25) is 9.48 Å². The molecule has 8 atom stereocenters. The van der Waals surface area contributed by atoms with E-state index in [2.05, 4.69) is 18.1 Å². The summed E-state index contributed by atoms with van der Waals surface area (Å²) in [5, 5.41) is 15.0. The van der Waals surface area contributed by atoms with Crippen molar-refractivity contribution in [1.82, 2.24) is 9.78 Å². The van der Waals surface area contributed by atoms with Crippen LogP contribution in [0.1, 0.15) is 63.9 Å². The molecule has 4 fully saturated rings. The first-order chi connectivity index (χ1) is 13.9. The molecule has 0 aromatic carbocycles. The van der Waals surface area contributed by atoms with Crippen molar-refractivity contribution in [2.45, 2.75) is 77.4 Å². The van der Waals surface area contributed by atoms with Gasteiger partial charge in [0, 0.05) is 18.0 Å². The second-order valence-corrected chi connectivity index (χ2v) is 11.2. The lowest BCUT2D eigenvalue weighted by Gasteiger charge is -2.53. The van der Waals surface area contributed by atoms with Gasteiger partial charge in [0.25, 0.3) is 0 Å². The summed E-state index contributed by atoms with van der Waals surface area (Å²) >= 11 is 0. The predicted molar refractivity (Wildman–Crippen MR) is 111 cm³/mol. The predicted octanol–water partition coefficient (Wildman–Crippen LogP) is 4.31. The van der Waals surface area contributed by atoms with Crippen molar-refractivity contribution in [3.8, 4) is 0 Å². The topological polar surface area (TPSA) is 55.1 Å². The summed E-state index contributed by atoms with van der Waals surface area (Å²) in [6, 6.07) is 0. The molecule has 156 valence electrons. The minimum atomic E-state index is -0.339. The van der Waals surface area contributed by atoms with Crippen LogP contribution in [0.2, 0.25) is 0 Å². The van der Waals surface area contributed by atoms with Gasteiger partial charge in [0.1, 0.15) is 0 Å². The van der Waals surface area contributed by atoms with E-state index in [4.69, 9.17) is 0 Å². The molecule has 1 aromatic heterocycles. The first-order valence-electron chi connectivity index (χ1n) is 11.8. The summed E-state index contributed by atoms with van der Waals surface area (Å²) < 4.78 is 1.83. The molecule has 1 N–H and O–H groups in total. The fraction of sp³-hybridized carbons (Fsp3) is 0.760. The number of aryl methyl sites for hydroxylation is 1. The number of aromatic nitrogens is 2. The molecular weight excluding hydrogens is 360 g/mol. The van der Waals surface area contributed by atoms with E-state index in [9.17, 15) is 9.90 Å². The van der Waals surface area contributed by atoms with Gasteiger partial charge in [-0.2, -0.15) is 5.10 Å². The molecule has 1 heterocycles. The summed E-state index contributed by atoms with van der Waals surface area (Å²) in [6.07, 6.45) is 15.5. The standard InChI is InChI=1S/C25H34N2O2/c1-15-12-26-27(13-15)14-23(28)21-6-5-20-18-3-4-19-17(8-10-25(29)11-22(19)25)16(18)7-9-24(20,21)2/h4,12-13,16-18,20-22,29H,3,5-11,14H2,1-2H3/t16-,17-,18-,20+,21-,22?,24+,25+/m1/s1. The van der Waals surface area contributed by atoms with Crippen molar-refractivity contribution < 1.29 is 9.90 Å². The Morgan fingerprint density at radius 1 is 1.24 bits per heavy atom. The highest BCUT2D eigenvalue weighted by Crippen LogP contribution is 2.67. The minimum absolute atomic E-state index is 0.167. The van der Waals surface area contributed by atoms with Crippen LogP contribution >= 0.6 is 0 Å². The molecule has 4 nitrogen and oxygen atoms in total. The zero-order valence-electron chi connectivity index (χ0n) is 17.8. The number of rotatable bonds is 3. The van der Waals surface area contributed by atoms with E-state index in [1.54, 1.807) is 5.57 Å². The Labute approximate surface area is 173 Å². The molecule has 29 heavy (non-hydrogen) atoms. The zero-order chi connectivity index (χ0) is 20.0. The van der Waals surface area contributed by atoms with Gasteiger partial charge in [-0.15, -0.1) is 0 Å². The van der Waals surface area contributed by atoms with Crippen LogP contribution in [0.3, 0.4) is 0 Å². The first kappa shape index (κ1) is 18.4. The molecule has 0 radical (unpaired) electrons. The lowest BCUT2D eigenvalue weighted by atomic mass is 9.51. The van der Waals surface area contributed by atoms with E-state index in [1.807, 2.05) is 24.0 Å². The van der Waals surface area contributed by atoms with Crippen molar-refractivity contribution in [2.24, 2.45) is 40.9 Å². The maximum absolute atomic E-state index is 13.3. The molecule has 0 spiro atoms. The summed E-state index contributed by atoms with van der Waals surface area (Å²) in [6.45, 7) is 4.89. The largest absolute Gasteiger partial charge is 0.389 e. The number of hydrogen-bond donors (Lipinski definition) is 1. The van der Waals surface area contributed by atoms with Gasteiger partial charge in [-0.25, -0.2) is 0 Å². The van der Waals surface area contributed by atoms with Crippen molar-refractivity contribution in [3.63, 3.8) is 0 Å². The van der Waals surface area contributed by atoms with Gasteiger partial charge < -0.3 is 5.11 Å². The van der Waals surface area contributed by atoms with Gasteiger partial charge in [-0.1, -0.05) is 18.6 Å². The Morgan fingerprint density at radius 3 is 2.90 bits per heavy atom. The molecule has 1 aromatic rings. The Morgan fingerprint density at radius 2 is 2.10 bits per heavy atom. The number of nitrogens with zero attached hydrogens (tertiary/aromatic N) is 2. The van der Waals surface area contributed by atoms with Crippen LogP contribution in [0.15, 0.2) is 24.0 Å². The van der Waals surface area contributed by atoms with Gasteiger partial charge in [0.05, 0.1) is 18.3 Å². The summed E-state index contributed by atoms with van der Waals surface area (Å²) in [5.74, 6) is 4.01. The lowest BCUT2D eigenvalue weighted by Crippen LogP contribution is -2.47. The van der Waals surface area contributed by atoms with E-state index >= 15 is 0 Å². The first-order valence-corrected chi connectivity index (χ1v) is 11.8. The Kier molecular flexibility index (Phi) is 3.83. The number of Topliss-reactive ketones (excluding diaryl/α,β-unsaturated/α-hetero) is 1. The Bertz CT molecular complexity index is 887. The third-order valence-corrected chi connectivity index (χ3v) is 9.87. The Hall–Kier alpha value is -1.42. The van der Waals surface area contributed by atoms with Crippen LogP contribution in [-0.2, 0) is 11.3 Å². The molecule has 4 heteroatoms. The summed E-state index contributed by atoms with van der Waals surface area (Å²) in [5.41, 5.74) is 2.56. The minimum Gasteiger partial charge on any atom is -0.389 e. The van der Waals surface area contributed by atoms with Crippen LogP contribution in [0.4, 0.5) is 0 Å². The number of carbonyl (C=O) groups excluding carboxylic acids is 1. The number of aliphatic hydroxyl groups is 1. The van der Waals surface area contributed by atoms with E-state index in [0.29, 0.717) is 30.1 Å². The van der Waals surface area contributed by atoms with Crippen molar-refractivity contribution in [3.05, 3.63) is 29.6 Å². The molecule has 0 amide bonds. The quantitative estimate of drug-likeness (QED) is 0.777. The second kappa shape index (κ2) is 6.06. The molecule has 0 aliphatic heterocycles. The monoisotopic (exact) mass is 394 g/mol. The fourth-order valence-electron chi connectivity index (χ4n) is 8.36. The van der Waals surface area contributed by atoms with E-state index in [1.165, 1.54) is 32.1 Å². The number of allylic oxidation sites excluding steroid dienone is 1. The van der Waals surface area contributed by atoms with Gasteiger partial charge in [0.2, 0.25) is 0 Å². The van der Waals surface area contributed by atoms with Crippen LogP contribution in [0.5, 0.6) is 0 Å². The van der Waals surface area contributed by atoms with Gasteiger partial charge in [0.15, 0.2) is 5.78 Å². The normalized spacial score (nSPS) is 47.5. The average Bonchev–Trinajstić information content (AvgIpc) is 3.02. The average molecular weight is 395 g/mol. The smallest absolute Gasteiger partial charge is 0.157 e. The Balaban J connectivity index is 1.22. The van der Waals surface area contributed by atoms with Crippen LogP contribution in [0, 0.1) is 47.8 Å².